The number of carbonyl (C=O) groups is 1. The van der Waals surface area contributed by atoms with E-state index < -0.39 is 0 Å². The number of aromatic amines is 1. The van der Waals surface area contributed by atoms with Gasteiger partial charge in [-0.1, -0.05) is 25.0 Å². The van der Waals surface area contributed by atoms with Crippen LogP contribution in [0, 0.1) is 18.8 Å². The number of fused-ring (bicyclic) bond motifs is 4. The second-order valence-corrected chi connectivity index (χ2v) is 8.72. The van der Waals surface area contributed by atoms with Gasteiger partial charge in [0.1, 0.15) is 5.78 Å². The summed E-state index contributed by atoms with van der Waals surface area (Å²) in [7, 11) is 0. The van der Waals surface area contributed by atoms with Crippen LogP contribution in [0.15, 0.2) is 18.2 Å². The second-order valence-electron chi connectivity index (χ2n) is 8.72. The third kappa shape index (κ3) is 1.93. The van der Waals surface area contributed by atoms with Crippen LogP contribution in [0.4, 0.5) is 0 Å². The van der Waals surface area contributed by atoms with E-state index in [2.05, 4.69) is 41.9 Å². The maximum absolute atomic E-state index is 13.2. The van der Waals surface area contributed by atoms with Crippen LogP contribution in [-0.4, -0.2) is 34.8 Å². The SMILES string of the molecule is CCC1CC2CN3CCc4c([nH]c5ccc(C)cc45)C(C(C)=O)(C2)C13. The summed E-state index contributed by atoms with van der Waals surface area (Å²) in [5.74, 6) is 1.69. The first-order valence-corrected chi connectivity index (χ1v) is 9.91. The highest BCUT2D eigenvalue weighted by atomic mass is 16.1. The molecule has 3 nitrogen and oxygen atoms in total. The van der Waals surface area contributed by atoms with Crippen LogP contribution in [0.5, 0.6) is 0 Å². The van der Waals surface area contributed by atoms with Gasteiger partial charge in [0.15, 0.2) is 0 Å². The molecule has 0 radical (unpaired) electrons. The summed E-state index contributed by atoms with van der Waals surface area (Å²) < 4.78 is 0. The zero-order chi connectivity index (χ0) is 17.3. The Balaban J connectivity index is 1.81. The topological polar surface area (TPSA) is 36.1 Å². The minimum absolute atomic E-state index is 0.319. The van der Waals surface area contributed by atoms with Gasteiger partial charge < -0.3 is 4.98 Å². The summed E-state index contributed by atoms with van der Waals surface area (Å²) in [6, 6.07) is 7.06. The van der Waals surface area contributed by atoms with E-state index in [0.717, 1.165) is 19.4 Å². The third-order valence-corrected chi connectivity index (χ3v) is 7.39. The number of ketones is 1. The fraction of sp³-hybridized carbons (Fsp3) is 0.591. The van der Waals surface area contributed by atoms with Crippen molar-refractivity contribution in [3.05, 3.63) is 35.0 Å². The zero-order valence-corrected chi connectivity index (χ0v) is 15.6. The van der Waals surface area contributed by atoms with E-state index >= 15 is 0 Å². The van der Waals surface area contributed by atoms with Crippen LogP contribution in [0.25, 0.3) is 10.9 Å². The highest BCUT2D eigenvalue weighted by Gasteiger charge is 2.60. The highest BCUT2D eigenvalue weighted by Crippen LogP contribution is 2.55. The minimum atomic E-state index is -0.319. The van der Waals surface area contributed by atoms with E-state index in [1.807, 2.05) is 6.92 Å². The third-order valence-electron chi connectivity index (χ3n) is 7.39. The Bertz CT molecular complexity index is 866. The lowest BCUT2D eigenvalue weighted by molar-refractivity contribution is -0.136. The molecule has 3 aliphatic heterocycles. The van der Waals surface area contributed by atoms with E-state index in [-0.39, 0.29) is 5.41 Å². The Labute approximate surface area is 149 Å². The molecule has 1 aromatic carbocycles. The summed E-state index contributed by atoms with van der Waals surface area (Å²) in [5.41, 5.74) is 4.86. The molecule has 3 fully saturated rings. The van der Waals surface area contributed by atoms with Crippen LogP contribution >= 0.6 is 0 Å². The first-order valence-electron chi connectivity index (χ1n) is 9.91. The summed E-state index contributed by atoms with van der Waals surface area (Å²) >= 11 is 0. The molecule has 4 aliphatic rings. The van der Waals surface area contributed by atoms with Gasteiger partial charge in [0.25, 0.3) is 0 Å². The molecule has 3 heteroatoms. The van der Waals surface area contributed by atoms with Crippen LogP contribution in [-0.2, 0) is 16.6 Å². The number of aryl methyl sites for hydroxylation is 1. The Morgan fingerprint density at radius 1 is 1.40 bits per heavy atom. The van der Waals surface area contributed by atoms with E-state index in [9.17, 15) is 4.79 Å². The van der Waals surface area contributed by atoms with E-state index in [1.165, 1.54) is 47.1 Å². The van der Waals surface area contributed by atoms with Crippen molar-refractivity contribution in [2.75, 3.05) is 13.1 Å². The highest BCUT2D eigenvalue weighted by molar-refractivity contribution is 5.94. The molecule has 4 bridgehead atoms. The molecule has 1 aromatic heterocycles. The Hall–Kier alpha value is -1.61. The zero-order valence-electron chi connectivity index (χ0n) is 15.6. The predicted octanol–water partition coefficient (Wildman–Crippen LogP) is 3.98. The molecule has 2 saturated heterocycles. The quantitative estimate of drug-likeness (QED) is 0.900. The molecule has 2 aromatic rings. The molecule has 0 spiro atoms. The van der Waals surface area contributed by atoms with Gasteiger partial charge in [0.2, 0.25) is 0 Å². The molecular formula is C22H28N2O. The molecule has 1 N–H and O–H groups in total. The van der Waals surface area contributed by atoms with E-state index in [0.29, 0.717) is 23.7 Å². The van der Waals surface area contributed by atoms with Crippen LogP contribution in [0.2, 0.25) is 0 Å². The van der Waals surface area contributed by atoms with Crippen molar-refractivity contribution >= 4 is 16.7 Å². The molecule has 1 saturated carbocycles. The summed E-state index contributed by atoms with van der Waals surface area (Å²) in [6.07, 6.45) is 4.59. The van der Waals surface area contributed by atoms with Crippen molar-refractivity contribution in [2.24, 2.45) is 11.8 Å². The molecule has 25 heavy (non-hydrogen) atoms. The van der Waals surface area contributed by atoms with E-state index in [1.54, 1.807) is 0 Å². The molecule has 132 valence electrons. The lowest BCUT2D eigenvalue weighted by Crippen LogP contribution is -2.66. The number of hydrogen-bond donors (Lipinski definition) is 1. The lowest BCUT2D eigenvalue weighted by atomic mass is 9.55. The Kier molecular flexibility index (Phi) is 3.25. The van der Waals surface area contributed by atoms with Gasteiger partial charge in [0.05, 0.1) is 5.41 Å². The number of hydrogen-bond acceptors (Lipinski definition) is 2. The summed E-state index contributed by atoms with van der Waals surface area (Å²) in [5, 5.41) is 1.34. The van der Waals surface area contributed by atoms with Gasteiger partial charge in [0, 0.05) is 35.7 Å². The number of H-pyrrole nitrogens is 1. The number of aromatic nitrogens is 1. The van der Waals surface area contributed by atoms with Crippen LogP contribution in [0.3, 0.4) is 0 Å². The molecule has 5 atom stereocenters. The Morgan fingerprint density at radius 3 is 3.00 bits per heavy atom. The number of rotatable bonds is 2. The first kappa shape index (κ1) is 15.6. The molecule has 5 unspecified atom stereocenters. The fourth-order valence-electron chi connectivity index (χ4n) is 6.47. The smallest absolute Gasteiger partial charge is 0.143 e. The largest absolute Gasteiger partial charge is 0.357 e. The minimum Gasteiger partial charge on any atom is -0.357 e. The van der Waals surface area contributed by atoms with Crippen LogP contribution in [0.1, 0.15) is 49.9 Å². The van der Waals surface area contributed by atoms with Gasteiger partial charge in [-0.3, -0.25) is 9.69 Å². The van der Waals surface area contributed by atoms with Gasteiger partial charge in [-0.2, -0.15) is 0 Å². The normalized spacial score (nSPS) is 36.3. The van der Waals surface area contributed by atoms with Crippen molar-refractivity contribution in [3.8, 4) is 0 Å². The number of piperidine rings is 2. The van der Waals surface area contributed by atoms with Crippen molar-refractivity contribution < 1.29 is 4.79 Å². The standard InChI is InChI=1S/C22H28N2O/c1-4-16-10-15-11-22(14(3)25)20-17(7-8-24(12-15)21(16)22)18-9-13(2)5-6-19(18)23-20/h5-6,9,15-16,21,23H,4,7-8,10-12H2,1-3H3. The number of benzene rings is 1. The van der Waals surface area contributed by atoms with Gasteiger partial charge >= 0.3 is 0 Å². The molecule has 6 rings (SSSR count). The number of carbonyl (C=O) groups excluding carboxylic acids is 1. The second kappa shape index (κ2) is 5.20. The van der Waals surface area contributed by atoms with Gasteiger partial charge in [-0.05, 0) is 62.6 Å². The number of nitrogens with one attached hydrogen (secondary N) is 1. The maximum Gasteiger partial charge on any atom is 0.143 e. The van der Waals surface area contributed by atoms with Crippen LogP contribution < -0.4 is 0 Å². The number of nitrogens with zero attached hydrogens (tertiary/aromatic N) is 1. The molecule has 1 aliphatic carbocycles. The lowest BCUT2D eigenvalue weighted by Gasteiger charge is -2.58. The fourth-order valence-corrected chi connectivity index (χ4v) is 6.47. The first-order chi connectivity index (χ1) is 12.0. The summed E-state index contributed by atoms with van der Waals surface area (Å²) in [6.45, 7) is 8.60. The maximum atomic E-state index is 13.2. The predicted molar refractivity (Wildman–Crippen MR) is 101 cm³/mol. The molecular weight excluding hydrogens is 308 g/mol. The van der Waals surface area contributed by atoms with Gasteiger partial charge in [-0.25, -0.2) is 0 Å². The average Bonchev–Trinajstić information content (AvgIpc) is 2.92. The summed E-state index contributed by atoms with van der Waals surface area (Å²) in [4.78, 5) is 19.6. The van der Waals surface area contributed by atoms with Crippen molar-refractivity contribution in [1.29, 1.82) is 0 Å². The Morgan fingerprint density at radius 2 is 2.24 bits per heavy atom. The van der Waals surface area contributed by atoms with Gasteiger partial charge in [-0.15, -0.1) is 0 Å². The number of Topliss-reactive ketones (excluding diaryl/α,β-unsaturated/α-hetero) is 1. The van der Waals surface area contributed by atoms with Crippen molar-refractivity contribution in [3.63, 3.8) is 0 Å². The van der Waals surface area contributed by atoms with E-state index in [4.69, 9.17) is 0 Å². The monoisotopic (exact) mass is 336 g/mol. The molecule has 0 amide bonds. The molecule has 4 heterocycles. The van der Waals surface area contributed by atoms with Crippen molar-refractivity contribution in [2.45, 2.75) is 57.9 Å². The van der Waals surface area contributed by atoms with Crippen molar-refractivity contribution in [1.82, 2.24) is 9.88 Å². The average molecular weight is 336 g/mol.